The molecule has 26 heavy (non-hydrogen) atoms. The van der Waals surface area contributed by atoms with Gasteiger partial charge in [0.2, 0.25) is 10.0 Å². The summed E-state index contributed by atoms with van der Waals surface area (Å²) in [5.74, 6) is -1.52. The van der Waals surface area contributed by atoms with Crippen LogP contribution >= 0.6 is 0 Å². The van der Waals surface area contributed by atoms with E-state index in [2.05, 4.69) is 9.46 Å². The standard InChI is InChI=1S/C18H19NO6S/c1-24-17(20)14-10-6-7-11-16(14)26(22,23)19-15(18(21)25-2)12-13-8-4-3-5-9-13/h3-11,15,19H,12H2,1-2H3/t15-/m1/s1. The summed E-state index contributed by atoms with van der Waals surface area (Å²) in [7, 11) is -1.84. The molecule has 1 atom stereocenters. The van der Waals surface area contributed by atoms with Crippen LogP contribution in [0.1, 0.15) is 15.9 Å². The zero-order valence-electron chi connectivity index (χ0n) is 14.3. The van der Waals surface area contributed by atoms with Crippen molar-refractivity contribution in [1.82, 2.24) is 4.72 Å². The van der Waals surface area contributed by atoms with Crippen LogP contribution in [0.25, 0.3) is 0 Å². The molecule has 0 bridgehead atoms. The van der Waals surface area contributed by atoms with E-state index in [1.54, 1.807) is 24.3 Å². The zero-order chi connectivity index (χ0) is 19.2. The molecule has 0 heterocycles. The predicted molar refractivity (Wildman–Crippen MR) is 94.1 cm³/mol. The minimum absolute atomic E-state index is 0.104. The summed E-state index contributed by atoms with van der Waals surface area (Å²) in [6.07, 6.45) is 0.104. The van der Waals surface area contributed by atoms with Crippen molar-refractivity contribution in [3.05, 3.63) is 65.7 Å². The van der Waals surface area contributed by atoms with Gasteiger partial charge in [-0.2, -0.15) is 4.72 Å². The van der Waals surface area contributed by atoms with E-state index in [1.807, 2.05) is 6.07 Å². The van der Waals surface area contributed by atoms with E-state index >= 15 is 0 Å². The largest absolute Gasteiger partial charge is 0.468 e. The molecule has 138 valence electrons. The number of ether oxygens (including phenoxy) is 2. The molecule has 2 aromatic carbocycles. The zero-order valence-corrected chi connectivity index (χ0v) is 15.2. The van der Waals surface area contributed by atoms with Crippen LogP contribution in [0.2, 0.25) is 0 Å². The van der Waals surface area contributed by atoms with Crippen LogP contribution in [0.4, 0.5) is 0 Å². The third-order valence-corrected chi connectivity index (χ3v) is 5.18. The van der Waals surface area contributed by atoms with Crippen LogP contribution in [0.3, 0.4) is 0 Å². The maximum atomic E-state index is 12.8. The van der Waals surface area contributed by atoms with E-state index in [0.29, 0.717) is 0 Å². The van der Waals surface area contributed by atoms with Gasteiger partial charge in [-0.1, -0.05) is 42.5 Å². The summed E-state index contributed by atoms with van der Waals surface area (Å²) >= 11 is 0. The Morgan fingerprint density at radius 3 is 2.19 bits per heavy atom. The van der Waals surface area contributed by atoms with Crippen molar-refractivity contribution in [1.29, 1.82) is 0 Å². The number of hydrogen-bond acceptors (Lipinski definition) is 6. The highest BCUT2D eigenvalue weighted by Gasteiger charge is 2.29. The van der Waals surface area contributed by atoms with Crippen molar-refractivity contribution < 1.29 is 27.5 Å². The SMILES string of the molecule is COC(=O)c1ccccc1S(=O)(=O)N[C@H](Cc1ccccc1)C(=O)OC. The van der Waals surface area contributed by atoms with E-state index in [1.165, 1.54) is 31.4 Å². The molecule has 0 radical (unpaired) electrons. The Kier molecular flexibility index (Phi) is 6.48. The molecule has 0 fully saturated rings. The Morgan fingerprint density at radius 1 is 0.962 bits per heavy atom. The predicted octanol–water partition coefficient (Wildman–Crippen LogP) is 1.54. The normalized spacial score (nSPS) is 12.2. The average Bonchev–Trinajstić information content (AvgIpc) is 2.66. The molecule has 0 aromatic heterocycles. The van der Waals surface area contributed by atoms with Gasteiger partial charge in [0.15, 0.2) is 0 Å². The van der Waals surface area contributed by atoms with Gasteiger partial charge < -0.3 is 9.47 Å². The maximum absolute atomic E-state index is 12.8. The first-order valence-electron chi connectivity index (χ1n) is 7.70. The number of nitrogens with one attached hydrogen (secondary N) is 1. The fourth-order valence-corrected chi connectivity index (χ4v) is 3.78. The molecule has 0 spiro atoms. The van der Waals surface area contributed by atoms with Gasteiger partial charge in [0.25, 0.3) is 0 Å². The lowest BCUT2D eigenvalue weighted by molar-refractivity contribution is -0.142. The highest BCUT2D eigenvalue weighted by atomic mass is 32.2. The second kappa shape index (κ2) is 8.59. The highest BCUT2D eigenvalue weighted by molar-refractivity contribution is 7.89. The molecule has 7 nitrogen and oxygen atoms in total. The van der Waals surface area contributed by atoms with Gasteiger partial charge in [-0.25, -0.2) is 13.2 Å². The van der Waals surface area contributed by atoms with Crippen LogP contribution < -0.4 is 4.72 Å². The number of hydrogen-bond donors (Lipinski definition) is 1. The number of carbonyl (C=O) groups excluding carboxylic acids is 2. The van der Waals surface area contributed by atoms with Crippen molar-refractivity contribution in [2.45, 2.75) is 17.4 Å². The lowest BCUT2D eigenvalue weighted by Gasteiger charge is -2.18. The molecule has 0 aliphatic heterocycles. The van der Waals surface area contributed by atoms with E-state index in [-0.39, 0.29) is 16.9 Å². The molecular weight excluding hydrogens is 358 g/mol. The first kappa shape index (κ1) is 19.6. The maximum Gasteiger partial charge on any atom is 0.339 e. The molecule has 8 heteroatoms. The Labute approximate surface area is 152 Å². The first-order chi connectivity index (χ1) is 12.4. The van der Waals surface area contributed by atoms with Crippen molar-refractivity contribution in [2.75, 3.05) is 14.2 Å². The minimum atomic E-state index is -4.17. The van der Waals surface area contributed by atoms with Gasteiger partial charge in [0.05, 0.1) is 24.7 Å². The van der Waals surface area contributed by atoms with Crippen molar-refractivity contribution in [3.63, 3.8) is 0 Å². The van der Waals surface area contributed by atoms with Gasteiger partial charge in [0.1, 0.15) is 6.04 Å². The Hall–Kier alpha value is -2.71. The topological polar surface area (TPSA) is 98.8 Å². The number of methoxy groups -OCH3 is 2. The molecule has 2 rings (SSSR count). The fourth-order valence-electron chi connectivity index (χ4n) is 2.40. The number of benzene rings is 2. The monoisotopic (exact) mass is 377 g/mol. The molecule has 0 aliphatic rings. The Morgan fingerprint density at radius 2 is 1.58 bits per heavy atom. The third kappa shape index (κ3) is 4.68. The summed E-state index contributed by atoms with van der Waals surface area (Å²) in [4.78, 5) is 23.6. The quantitative estimate of drug-likeness (QED) is 0.735. The van der Waals surface area contributed by atoms with Gasteiger partial charge >= 0.3 is 11.9 Å². The molecule has 0 aliphatic carbocycles. The lowest BCUT2D eigenvalue weighted by Crippen LogP contribution is -2.43. The molecule has 1 N–H and O–H groups in total. The molecular formula is C18H19NO6S. The molecule has 0 saturated carbocycles. The van der Waals surface area contributed by atoms with Crippen molar-refractivity contribution in [3.8, 4) is 0 Å². The second-order valence-corrected chi connectivity index (χ2v) is 7.06. The van der Waals surface area contributed by atoms with Crippen molar-refractivity contribution in [2.24, 2.45) is 0 Å². The smallest absolute Gasteiger partial charge is 0.339 e. The van der Waals surface area contributed by atoms with E-state index in [4.69, 9.17) is 4.74 Å². The summed E-state index contributed by atoms with van der Waals surface area (Å²) < 4.78 is 37.2. The number of esters is 2. The van der Waals surface area contributed by atoms with Gasteiger partial charge in [-0.05, 0) is 24.1 Å². The first-order valence-corrected chi connectivity index (χ1v) is 9.18. The van der Waals surface area contributed by atoms with Gasteiger partial charge in [-0.15, -0.1) is 0 Å². The minimum Gasteiger partial charge on any atom is -0.468 e. The van der Waals surface area contributed by atoms with Gasteiger partial charge in [0, 0.05) is 0 Å². The summed E-state index contributed by atoms with van der Waals surface area (Å²) in [6, 6.07) is 13.4. The van der Waals surface area contributed by atoms with Crippen LogP contribution in [0.5, 0.6) is 0 Å². The highest BCUT2D eigenvalue weighted by Crippen LogP contribution is 2.17. The van der Waals surface area contributed by atoms with Gasteiger partial charge in [-0.3, -0.25) is 4.79 Å². The molecule has 0 saturated heterocycles. The van der Waals surface area contributed by atoms with E-state index in [9.17, 15) is 18.0 Å². The van der Waals surface area contributed by atoms with Crippen LogP contribution in [0, 0.1) is 0 Å². The molecule has 0 unspecified atom stereocenters. The lowest BCUT2D eigenvalue weighted by atomic mass is 10.1. The van der Waals surface area contributed by atoms with E-state index in [0.717, 1.165) is 12.7 Å². The number of rotatable bonds is 7. The fraction of sp³-hybridized carbons (Fsp3) is 0.222. The van der Waals surface area contributed by atoms with E-state index < -0.39 is 28.0 Å². The second-order valence-electron chi connectivity index (χ2n) is 5.37. The number of sulfonamides is 1. The van der Waals surface area contributed by atoms with Crippen molar-refractivity contribution >= 4 is 22.0 Å². The summed E-state index contributed by atoms with van der Waals surface area (Å²) in [5, 5.41) is 0. The van der Waals surface area contributed by atoms with Crippen LogP contribution in [-0.2, 0) is 30.7 Å². The summed E-state index contributed by atoms with van der Waals surface area (Å²) in [5.41, 5.74) is 0.637. The molecule has 2 aromatic rings. The Balaban J connectivity index is 2.35. The average molecular weight is 377 g/mol. The summed E-state index contributed by atoms with van der Waals surface area (Å²) in [6.45, 7) is 0. The Bertz CT molecular complexity index is 880. The van der Waals surface area contributed by atoms with Crippen LogP contribution in [0.15, 0.2) is 59.5 Å². The van der Waals surface area contributed by atoms with Crippen LogP contribution in [-0.4, -0.2) is 40.6 Å². The molecule has 0 amide bonds. The number of carbonyl (C=O) groups is 2. The third-order valence-electron chi connectivity index (χ3n) is 3.65.